The van der Waals surface area contributed by atoms with Crippen molar-refractivity contribution in [3.05, 3.63) is 0 Å². The van der Waals surface area contributed by atoms with Crippen molar-refractivity contribution in [2.24, 2.45) is 0 Å². The van der Waals surface area contributed by atoms with Crippen LogP contribution in [0.1, 0.15) is 143 Å². The maximum atomic E-state index is 2.55. The first-order chi connectivity index (χ1) is 13.2. The summed E-state index contributed by atoms with van der Waals surface area (Å²) in [5, 5.41) is 0. The van der Waals surface area contributed by atoms with Gasteiger partial charge in [0.05, 0.1) is 0 Å². The van der Waals surface area contributed by atoms with Gasteiger partial charge in [0.1, 0.15) is 0 Å². The van der Waals surface area contributed by atoms with Crippen molar-refractivity contribution in [3.8, 4) is 0 Å². The van der Waals surface area contributed by atoms with Gasteiger partial charge in [0, 0.05) is 0 Å². The molecule has 0 atom stereocenters. The van der Waals surface area contributed by atoms with Crippen LogP contribution in [-0.2, 0) is 0 Å². The van der Waals surface area contributed by atoms with Gasteiger partial charge in [-0.05, 0) is 0 Å². The summed E-state index contributed by atoms with van der Waals surface area (Å²) in [4.78, 5) is 0. The normalized spacial score (nSPS) is 12.6. The van der Waals surface area contributed by atoms with Crippen LogP contribution in [0, 0.1) is 0 Å². The Morgan fingerprint density at radius 2 is 0.593 bits per heavy atom. The Hall–Kier alpha value is 0.430. The average molecular weight is 401 g/mol. The molecule has 27 heavy (non-hydrogen) atoms. The monoisotopic (exact) mass is 400 g/mol. The number of hydrogen-bond acceptors (Lipinski definition) is 0. The summed E-state index contributed by atoms with van der Waals surface area (Å²) in [6.45, 7) is 9.54. The second kappa shape index (κ2) is 21.1. The summed E-state index contributed by atoms with van der Waals surface area (Å²) < 4.78 is 0. The van der Waals surface area contributed by atoms with E-state index in [9.17, 15) is 0 Å². The van der Waals surface area contributed by atoms with Gasteiger partial charge in [0.15, 0.2) is 0 Å². The van der Waals surface area contributed by atoms with Crippen LogP contribution in [0.25, 0.3) is 0 Å². The Morgan fingerprint density at radius 3 is 0.852 bits per heavy atom. The van der Waals surface area contributed by atoms with Crippen molar-refractivity contribution in [1.29, 1.82) is 0 Å². The summed E-state index contributed by atoms with van der Waals surface area (Å²) in [5.74, 6) is 0. The van der Waals surface area contributed by atoms with Crippen molar-refractivity contribution < 1.29 is 0 Å². The first-order valence-corrected chi connectivity index (χ1v) is 16.1. The molecule has 0 aromatic rings. The third kappa shape index (κ3) is 17.0. The summed E-state index contributed by atoms with van der Waals surface area (Å²) >= 11 is 0. The predicted molar refractivity (Wildman–Crippen MR) is 134 cm³/mol. The van der Waals surface area contributed by atoms with Gasteiger partial charge in [-0.1, -0.05) is 0 Å². The van der Waals surface area contributed by atoms with Crippen molar-refractivity contribution in [2.45, 2.75) is 143 Å². The molecule has 0 aliphatic rings. The summed E-state index contributed by atoms with van der Waals surface area (Å²) in [6, 6.07) is 0. The van der Waals surface area contributed by atoms with E-state index in [1.807, 2.05) is 0 Å². The van der Waals surface area contributed by atoms with Gasteiger partial charge in [-0.15, -0.1) is 0 Å². The second-order valence-corrected chi connectivity index (χ2v) is 14.6. The molecule has 0 fully saturated rings. The van der Waals surface area contributed by atoms with Crippen LogP contribution in [-0.4, -0.2) is 24.6 Å². The average Bonchev–Trinajstić information content (AvgIpc) is 2.69. The van der Waals surface area contributed by atoms with Crippen molar-refractivity contribution >= 4 is 7.26 Å². The van der Waals surface area contributed by atoms with Crippen LogP contribution in [0.3, 0.4) is 0 Å². The van der Waals surface area contributed by atoms with Gasteiger partial charge in [-0.25, -0.2) is 0 Å². The van der Waals surface area contributed by atoms with E-state index < -0.39 is 7.26 Å². The Labute approximate surface area is 175 Å². The summed E-state index contributed by atoms with van der Waals surface area (Å²) in [5.41, 5.74) is 0. The zero-order chi connectivity index (χ0) is 20.1. The zero-order valence-corrected chi connectivity index (χ0v) is 21.1. The molecule has 0 aliphatic heterocycles. The van der Waals surface area contributed by atoms with Gasteiger partial charge in [0.2, 0.25) is 0 Å². The third-order valence-electron chi connectivity index (χ3n) is 6.93. The molecule has 0 nitrogen and oxygen atoms in total. The molecular formula is C26H57P. The molecule has 0 rings (SSSR count). The van der Waals surface area contributed by atoms with E-state index in [0.717, 1.165) is 0 Å². The fraction of sp³-hybridized carbons (Fsp3) is 1.00. The molecule has 0 radical (unpaired) electrons. The number of hydrogen-bond donors (Lipinski definition) is 0. The Kier molecular flexibility index (Phi) is 21.5. The van der Waals surface area contributed by atoms with Gasteiger partial charge in [-0.2, -0.15) is 0 Å². The minimum atomic E-state index is -0.975. The van der Waals surface area contributed by atoms with Crippen molar-refractivity contribution in [2.75, 3.05) is 24.6 Å². The first-order valence-electron chi connectivity index (χ1n) is 13.2. The van der Waals surface area contributed by atoms with Gasteiger partial charge >= 0.3 is 175 Å². The van der Waals surface area contributed by atoms with Crippen LogP contribution >= 0.6 is 7.26 Å². The standard InChI is InChI=1S/C26H57P/c1-5-9-12-15-18-21-24-27(8-4,25-22-19-16-13-10-6-2)26-23-20-17-14-11-7-3/h27H,5-26H2,1-4H3. The Bertz CT molecular complexity index is 233. The Morgan fingerprint density at radius 1 is 0.333 bits per heavy atom. The molecule has 0 amide bonds. The first kappa shape index (κ1) is 27.4. The molecule has 0 N–H and O–H groups in total. The van der Waals surface area contributed by atoms with Crippen LogP contribution in [0.4, 0.5) is 0 Å². The molecule has 0 saturated carbocycles. The quantitative estimate of drug-likeness (QED) is 0.125. The third-order valence-corrected chi connectivity index (χ3v) is 12.7. The van der Waals surface area contributed by atoms with E-state index in [4.69, 9.17) is 0 Å². The maximum absolute atomic E-state index is 2.55. The van der Waals surface area contributed by atoms with E-state index in [1.54, 1.807) is 43.9 Å². The van der Waals surface area contributed by atoms with Gasteiger partial charge in [-0.3, -0.25) is 0 Å². The fourth-order valence-corrected chi connectivity index (χ4v) is 9.56. The van der Waals surface area contributed by atoms with Gasteiger partial charge in [0.25, 0.3) is 0 Å². The molecule has 1 heteroatoms. The number of unbranched alkanes of at least 4 members (excludes halogenated alkanes) is 15. The van der Waals surface area contributed by atoms with E-state index in [1.165, 1.54) is 96.3 Å². The number of rotatable bonds is 22. The van der Waals surface area contributed by atoms with E-state index in [0.29, 0.717) is 0 Å². The molecule has 0 aromatic carbocycles. The minimum absolute atomic E-state index is 0.975. The summed E-state index contributed by atoms with van der Waals surface area (Å²) in [6.07, 6.45) is 33.1. The molecule has 0 unspecified atom stereocenters. The fourth-order valence-electron chi connectivity index (χ4n) is 4.75. The topological polar surface area (TPSA) is 0 Å². The molecule has 0 saturated heterocycles. The molecule has 0 aliphatic carbocycles. The molecule has 166 valence electrons. The van der Waals surface area contributed by atoms with Crippen LogP contribution < -0.4 is 0 Å². The second-order valence-electron chi connectivity index (χ2n) is 9.41. The molecular weight excluding hydrogens is 343 g/mol. The molecule has 0 heterocycles. The van der Waals surface area contributed by atoms with E-state index in [2.05, 4.69) is 27.7 Å². The molecule has 0 bridgehead atoms. The summed E-state index contributed by atoms with van der Waals surface area (Å²) in [7, 11) is -0.975. The van der Waals surface area contributed by atoms with E-state index in [-0.39, 0.29) is 0 Å². The van der Waals surface area contributed by atoms with Crippen molar-refractivity contribution in [3.63, 3.8) is 0 Å². The Balaban J connectivity index is 4.23. The van der Waals surface area contributed by atoms with Crippen LogP contribution in [0.2, 0.25) is 0 Å². The predicted octanol–water partition coefficient (Wildman–Crippen LogP) is 9.84. The SMILES string of the molecule is CCCCCCCC[PH](CC)(CCCCCCCC)CCCCCCCC. The zero-order valence-electron chi connectivity index (χ0n) is 20.1. The van der Waals surface area contributed by atoms with E-state index >= 15 is 0 Å². The molecule has 0 spiro atoms. The van der Waals surface area contributed by atoms with Crippen molar-refractivity contribution in [1.82, 2.24) is 0 Å². The van der Waals surface area contributed by atoms with Crippen LogP contribution in [0.5, 0.6) is 0 Å². The van der Waals surface area contributed by atoms with Crippen LogP contribution in [0.15, 0.2) is 0 Å². The van der Waals surface area contributed by atoms with Gasteiger partial charge < -0.3 is 0 Å². The molecule has 0 aromatic heterocycles.